The number of nitrogens with two attached hydrogens (primary N) is 2. The quantitative estimate of drug-likeness (QED) is 0.562. The van der Waals surface area contributed by atoms with E-state index in [4.69, 9.17) is 15.9 Å². The van der Waals surface area contributed by atoms with Crippen molar-refractivity contribution in [3.05, 3.63) is 23.3 Å². The van der Waals surface area contributed by atoms with Gasteiger partial charge in [-0.25, -0.2) is 4.98 Å². The Balaban J connectivity index is 1.99. The van der Waals surface area contributed by atoms with Crippen LogP contribution in [0.1, 0.15) is 26.0 Å². The molecule has 0 saturated heterocycles. The molecule has 1 unspecified atom stereocenters. The summed E-state index contributed by atoms with van der Waals surface area (Å²) in [6.45, 7) is 5.37. The summed E-state index contributed by atoms with van der Waals surface area (Å²) >= 11 is 1.46. The third kappa shape index (κ3) is 4.30. The van der Waals surface area contributed by atoms with Gasteiger partial charge in [-0.3, -0.25) is 4.99 Å². The van der Waals surface area contributed by atoms with E-state index in [0.29, 0.717) is 35.9 Å². The van der Waals surface area contributed by atoms with Crippen LogP contribution in [0, 0.1) is 5.92 Å². The SMILES string of the molecule is CCC(C)CN=C(N)Nc1nc(-c2ccc(CN)o2)cs1. The zero-order valence-corrected chi connectivity index (χ0v) is 13.1. The van der Waals surface area contributed by atoms with Crippen LogP contribution in [0.2, 0.25) is 0 Å². The maximum atomic E-state index is 5.85. The summed E-state index contributed by atoms with van der Waals surface area (Å²) in [5.74, 6) is 2.35. The number of guanidine groups is 1. The maximum Gasteiger partial charge on any atom is 0.194 e. The highest BCUT2D eigenvalue weighted by molar-refractivity contribution is 7.14. The van der Waals surface area contributed by atoms with Crippen LogP contribution in [0.15, 0.2) is 26.9 Å². The first-order chi connectivity index (χ1) is 10.1. The Labute approximate surface area is 128 Å². The molecule has 2 heterocycles. The van der Waals surface area contributed by atoms with Gasteiger partial charge in [0.15, 0.2) is 16.9 Å². The Bertz CT molecular complexity index is 604. The Morgan fingerprint density at radius 2 is 2.33 bits per heavy atom. The largest absolute Gasteiger partial charge is 0.458 e. The number of anilines is 1. The van der Waals surface area contributed by atoms with Gasteiger partial charge in [0.1, 0.15) is 11.5 Å². The molecule has 21 heavy (non-hydrogen) atoms. The number of hydrogen-bond donors (Lipinski definition) is 3. The molecule has 0 radical (unpaired) electrons. The fourth-order valence-electron chi connectivity index (χ4n) is 1.60. The number of nitrogens with one attached hydrogen (secondary N) is 1. The molecule has 0 aliphatic rings. The third-order valence-electron chi connectivity index (χ3n) is 3.12. The van der Waals surface area contributed by atoms with Gasteiger partial charge in [0.2, 0.25) is 0 Å². The molecule has 6 nitrogen and oxygen atoms in total. The normalized spacial score (nSPS) is 13.4. The van der Waals surface area contributed by atoms with Gasteiger partial charge in [-0.2, -0.15) is 0 Å². The van der Waals surface area contributed by atoms with Crippen LogP contribution in [0.3, 0.4) is 0 Å². The van der Waals surface area contributed by atoms with Crippen molar-refractivity contribution >= 4 is 22.4 Å². The Morgan fingerprint density at radius 1 is 1.52 bits per heavy atom. The molecular formula is C14H21N5OS. The monoisotopic (exact) mass is 307 g/mol. The smallest absolute Gasteiger partial charge is 0.194 e. The number of nitrogens with zero attached hydrogens (tertiary/aromatic N) is 2. The molecule has 1 atom stereocenters. The molecule has 2 aromatic heterocycles. The molecule has 0 fully saturated rings. The number of hydrogen-bond acceptors (Lipinski definition) is 5. The predicted octanol–water partition coefficient (Wildman–Crippen LogP) is 2.63. The molecule has 2 rings (SSSR count). The molecule has 0 bridgehead atoms. The summed E-state index contributed by atoms with van der Waals surface area (Å²) in [5.41, 5.74) is 12.1. The van der Waals surface area contributed by atoms with Crippen molar-refractivity contribution in [1.29, 1.82) is 0 Å². The van der Waals surface area contributed by atoms with E-state index >= 15 is 0 Å². The van der Waals surface area contributed by atoms with E-state index in [1.165, 1.54) is 11.3 Å². The third-order valence-corrected chi connectivity index (χ3v) is 3.88. The molecule has 0 aliphatic heterocycles. The predicted molar refractivity (Wildman–Crippen MR) is 87.3 cm³/mol. The first-order valence-corrected chi connectivity index (χ1v) is 7.82. The molecule has 0 aliphatic carbocycles. The zero-order valence-electron chi connectivity index (χ0n) is 12.3. The topological polar surface area (TPSA) is 102 Å². The number of aromatic nitrogens is 1. The Morgan fingerprint density at radius 3 is 3.00 bits per heavy atom. The molecule has 0 spiro atoms. The maximum absolute atomic E-state index is 5.85. The highest BCUT2D eigenvalue weighted by Crippen LogP contribution is 2.26. The van der Waals surface area contributed by atoms with Gasteiger partial charge in [-0.05, 0) is 18.1 Å². The van der Waals surface area contributed by atoms with E-state index in [-0.39, 0.29) is 0 Å². The van der Waals surface area contributed by atoms with Gasteiger partial charge >= 0.3 is 0 Å². The van der Waals surface area contributed by atoms with Crippen molar-refractivity contribution in [3.63, 3.8) is 0 Å². The summed E-state index contributed by atoms with van der Waals surface area (Å²) in [7, 11) is 0. The van der Waals surface area contributed by atoms with Crippen molar-refractivity contribution in [1.82, 2.24) is 4.98 Å². The van der Waals surface area contributed by atoms with Gasteiger partial charge in [0, 0.05) is 11.9 Å². The number of furan rings is 1. The molecule has 5 N–H and O–H groups in total. The van der Waals surface area contributed by atoms with Gasteiger partial charge in [0.05, 0.1) is 6.54 Å². The zero-order chi connectivity index (χ0) is 15.2. The molecule has 7 heteroatoms. The second-order valence-corrected chi connectivity index (χ2v) is 5.73. The standard InChI is InChI=1S/C14H21N5OS/c1-3-9(2)7-17-13(16)19-14-18-11(8-21-14)12-5-4-10(6-15)20-12/h4-5,8-9H,3,6-7,15H2,1-2H3,(H3,16,17,18,19). The van der Waals surface area contributed by atoms with E-state index < -0.39 is 0 Å². The van der Waals surface area contributed by atoms with Crippen LogP contribution < -0.4 is 16.8 Å². The first-order valence-electron chi connectivity index (χ1n) is 6.94. The summed E-state index contributed by atoms with van der Waals surface area (Å²) < 4.78 is 5.56. The van der Waals surface area contributed by atoms with E-state index in [1.54, 1.807) is 0 Å². The van der Waals surface area contributed by atoms with Crippen molar-refractivity contribution < 1.29 is 4.42 Å². The number of rotatable bonds is 6. The van der Waals surface area contributed by atoms with Crippen LogP contribution in [-0.4, -0.2) is 17.5 Å². The van der Waals surface area contributed by atoms with Gasteiger partial charge < -0.3 is 21.2 Å². The summed E-state index contributed by atoms with van der Waals surface area (Å²) in [4.78, 5) is 8.73. The average molecular weight is 307 g/mol. The van der Waals surface area contributed by atoms with Gasteiger partial charge in [-0.15, -0.1) is 11.3 Å². The molecule has 0 amide bonds. The number of thiazole rings is 1. The van der Waals surface area contributed by atoms with E-state index in [0.717, 1.165) is 17.9 Å². The Hall–Kier alpha value is -1.86. The molecule has 114 valence electrons. The lowest BCUT2D eigenvalue weighted by atomic mass is 10.1. The lowest BCUT2D eigenvalue weighted by Crippen LogP contribution is -2.23. The second-order valence-electron chi connectivity index (χ2n) is 4.87. The van der Waals surface area contributed by atoms with E-state index in [1.807, 2.05) is 17.5 Å². The van der Waals surface area contributed by atoms with Crippen molar-refractivity contribution in [2.24, 2.45) is 22.4 Å². The lowest BCUT2D eigenvalue weighted by molar-refractivity contribution is 0.524. The van der Waals surface area contributed by atoms with Crippen molar-refractivity contribution in [2.75, 3.05) is 11.9 Å². The second kappa shape index (κ2) is 7.24. The van der Waals surface area contributed by atoms with Gasteiger partial charge in [0.25, 0.3) is 0 Å². The fraction of sp³-hybridized carbons (Fsp3) is 0.429. The van der Waals surface area contributed by atoms with Crippen molar-refractivity contribution in [2.45, 2.75) is 26.8 Å². The summed E-state index contributed by atoms with van der Waals surface area (Å²) in [6, 6.07) is 3.71. The molecule has 2 aromatic rings. The lowest BCUT2D eigenvalue weighted by Gasteiger charge is -2.05. The van der Waals surface area contributed by atoms with Crippen LogP contribution in [-0.2, 0) is 6.54 Å². The fourth-order valence-corrected chi connectivity index (χ4v) is 2.31. The van der Waals surface area contributed by atoms with Crippen LogP contribution >= 0.6 is 11.3 Å². The summed E-state index contributed by atoms with van der Waals surface area (Å²) in [5, 5.41) is 5.60. The minimum Gasteiger partial charge on any atom is -0.458 e. The average Bonchev–Trinajstić information content (AvgIpc) is 3.13. The van der Waals surface area contributed by atoms with E-state index in [2.05, 4.69) is 29.1 Å². The van der Waals surface area contributed by atoms with Gasteiger partial charge in [-0.1, -0.05) is 20.3 Å². The number of aliphatic imine (C=N–C) groups is 1. The van der Waals surface area contributed by atoms with Crippen molar-refractivity contribution in [3.8, 4) is 11.5 Å². The molecular weight excluding hydrogens is 286 g/mol. The van der Waals surface area contributed by atoms with E-state index in [9.17, 15) is 0 Å². The minimum absolute atomic E-state index is 0.379. The highest BCUT2D eigenvalue weighted by atomic mass is 32.1. The summed E-state index contributed by atoms with van der Waals surface area (Å²) in [6.07, 6.45) is 1.08. The van der Waals surface area contributed by atoms with Crippen LogP contribution in [0.25, 0.3) is 11.5 Å². The molecule has 0 saturated carbocycles. The van der Waals surface area contributed by atoms with Crippen LogP contribution in [0.4, 0.5) is 5.13 Å². The van der Waals surface area contributed by atoms with Crippen LogP contribution in [0.5, 0.6) is 0 Å². The highest BCUT2D eigenvalue weighted by Gasteiger charge is 2.09. The first kappa shape index (κ1) is 15.5. The minimum atomic E-state index is 0.379. The molecule has 0 aromatic carbocycles. The Kier molecular flexibility index (Phi) is 5.35.